The molecule has 4 nitrogen and oxygen atoms in total. The van der Waals surface area contributed by atoms with E-state index in [0.29, 0.717) is 6.61 Å². The number of aromatic nitrogens is 2. The number of para-hydroxylation sites is 1. The first kappa shape index (κ1) is 10.7. The van der Waals surface area contributed by atoms with Gasteiger partial charge >= 0.3 is 0 Å². The van der Waals surface area contributed by atoms with Crippen LogP contribution in [0.3, 0.4) is 0 Å². The average Bonchev–Trinajstić information content (AvgIpc) is 2.74. The van der Waals surface area contributed by atoms with Gasteiger partial charge in [-0.3, -0.25) is 4.68 Å². The molecule has 0 saturated carbocycles. The topological polar surface area (TPSA) is 53.1 Å². The molecule has 2 N–H and O–H groups in total. The Labute approximate surface area is 94.6 Å². The predicted molar refractivity (Wildman–Crippen MR) is 62.1 cm³/mol. The van der Waals surface area contributed by atoms with Crippen LogP contribution in [0.5, 0.6) is 5.75 Å². The molecule has 1 aromatic heterocycles. The first-order chi connectivity index (χ1) is 7.75. The van der Waals surface area contributed by atoms with Crippen LogP contribution in [-0.4, -0.2) is 16.4 Å². The molecular weight excluding hydrogens is 202 g/mol. The van der Waals surface area contributed by atoms with Crippen molar-refractivity contribution in [3.8, 4) is 5.75 Å². The summed E-state index contributed by atoms with van der Waals surface area (Å²) >= 11 is 0. The number of nitrogens with two attached hydrogens (primary N) is 1. The van der Waals surface area contributed by atoms with Crippen molar-refractivity contribution in [2.24, 2.45) is 12.8 Å². The largest absolute Gasteiger partial charge is 0.492 e. The number of rotatable bonds is 4. The zero-order chi connectivity index (χ0) is 11.4. The fraction of sp³-hybridized carbons (Fsp3) is 0.250. The normalized spacial score (nSPS) is 12.4. The molecule has 0 aliphatic rings. The summed E-state index contributed by atoms with van der Waals surface area (Å²) in [5.41, 5.74) is 6.80. The van der Waals surface area contributed by atoms with E-state index >= 15 is 0 Å². The summed E-state index contributed by atoms with van der Waals surface area (Å²) in [7, 11) is 1.87. The molecule has 0 bridgehead atoms. The first-order valence-corrected chi connectivity index (χ1v) is 5.18. The molecule has 0 saturated heterocycles. The quantitative estimate of drug-likeness (QED) is 0.844. The van der Waals surface area contributed by atoms with E-state index in [1.54, 1.807) is 4.68 Å². The van der Waals surface area contributed by atoms with E-state index in [1.165, 1.54) is 0 Å². The Morgan fingerprint density at radius 1 is 1.31 bits per heavy atom. The lowest BCUT2D eigenvalue weighted by Gasteiger charge is -2.10. The molecule has 84 valence electrons. The van der Waals surface area contributed by atoms with E-state index in [9.17, 15) is 0 Å². The van der Waals surface area contributed by atoms with Crippen molar-refractivity contribution in [2.45, 2.75) is 6.04 Å². The van der Waals surface area contributed by atoms with Crippen LogP contribution in [0.2, 0.25) is 0 Å². The van der Waals surface area contributed by atoms with Crippen molar-refractivity contribution in [1.82, 2.24) is 9.78 Å². The number of ether oxygens (including phenoxy) is 1. The second-order valence-corrected chi connectivity index (χ2v) is 3.64. The van der Waals surface area contributed by atoms with Crippen molar-refractivity contribution in [3.63, 3.8) is 0 Å². The summed E-state index contributed by atoms with van der Waals surface area (Å²) < 4.78 is 7.29. The van der Waals surface area contributed by atoms with Gasteiger partial charge in [-0.2, -0.15) is 5.10 Å². The number of hydrogen-bond acceptors (Lipinski definition) is 3. The monoisotopic (exact) mass is 217 g/mol. The zero-order valence-corrected chi connectivity index (χ0v) is 9.21. The highest BCUT2D eigenvalue weighted by atomic mass is 16.5. The minimum atomic E-state index is -0.193. The van der Waals surface area contributed by atoms with Gasteiger partial charge in [0.1, 0.15) is 12.4 Å². The van der Waals surface area contributed by atoms with Gasteiger partial charge in [0, 0.05) is 13.2 Å². The van der Waals surface area contributed by atoms with Gasteiger partial charge in [0.15, 0.2) is 0 Å². The molecule has 16 heavy (non-hydrogen) atoms. The maximum absolute atomic E-state index is 5.96. The molecular formula is C12H15N3O. The summed E-state index contributed by atoms with van der Waals surface area (Å²) in [5, 5.41) is 4.23. The van der Waals surface area contributed by atoms with Crippen molar-refractivity contribution < 1.29 is 4.74 Å². The molecule has 1 heterocycles. The fourth-order valence-corrected chi connectivity index (χ4v) is 1.42. The van der Waals surface area contributed by atoms with Crippen LogP contribution in [0.1, 0.15) is 11.7 Å². The van der Waals surface area contributed by atoms with Gasteiger partial charge in [0.2, 0.25) is 0 Å². The summed E-state index contributed by atoms with van der Waals surface area (Å²) in [6.07, 6.45) is 1.87. The van der Waals surface area contributed by atoms with E-state index in [1.807, 2.05) is 49.6 Å². The van der Waals surface area contributed by atoms with E-state index in [2.05, 4.69) is 5.10 Å². The molecule has 1 atom stereocenters. The zero-order valence-electron chi connectivity index (χ0n) is 9.21. The number of benzene rings is 1. The van der Waals surface area contributed by atoms with Gasteiger partial charge in [-0.15, -0.1) is 0 Å². The van der Waals surface area contributed by atoms with Crippen molar-refractivity contribution in [2.75, 3.05) is 6.61 Å². The number of nitrogens with zero attached hydrogens (tertiary/aromatic N) is 2. The highest BCUT2D eigenvalue weighted by Crippen LogP contribution is 2.12. The van der Waals surface area contributed by atoms with Crippen LogP contribution in [0, 0.1) is 0 Å². The number of hydrogen-bond donors (Lipinski definition) is 1. The summed E-state index contributed by atoms with van der Waals surface area (Å²) in [5.74, 6) is 0.828. The minimum Gasteiger partial charge on any atom is -0.492 e. The third-order valence-electron chi connectivity index (χ3n) is 2.29. The third-order valence-corrected chi connectivity index (χ3v) is 2.29. The fourth-order valence-electron chi connectivity index (χ4n) is 1.42. The van der Waals surface area contributed by atoms with Crippen molar-refractivity contribution in [3.05, 3.63) is 48.3 Å². The maximum atomic E-state index is 5.96. The molecule has 0 amide bonds. The lowest BCUT2D eigenvalue weighted by atomic mass is 10.2. The first-order valence-electron chi connectivity index (χ1n) is 5.18. The van der Waals surface area contributed by atoms with Crippen molar-refractivity contribution in [1.29, 1.82) is 0 Å². The second kappa shape index (κ2) is 4.81. The van der Waals surface area contributed by atoms with Crippen LogP contribution in [-0.2, 0) is 7.05 Å². The van der Waals surface area contributed by atoms with E-state index in [-0.39, 0.29) is 6.04 Å². The molecule has 0 aliphatic heterocycles. The van der Waals surface area contributed by atoms with Gasteiger partial charge in [-0.05, 0) is 18.2 Å². The Morgan fingerprint density at radius 2 is 2.06 bits per heavy atom. The molecule has 4 heteroatoms. The lowest BCUT2D eigenvalue weighted by Crippen LogP contribution is -2.19. The second-order valence-electron chi connectivity index (χ2n) is 3.64. The Morgan fingerprint density at radius 3 is 2.69 bits per heavy atom. The third kappa shape index (κ3) is 2.61. The molecule has 0 fully saturated rings. The van der Waals surface area contributed by atoms with E-state index in [4.69, 9.17) is 10.5 Å². The molecule has 2 aromatic rings. The van der Waals surface area contributed by atoms with Crippen LogP contribution in [0.15, 0.2) is 42.6 Å². The Balaban J connectivity index is 1.91. The smallest absolute Gasteiger partial charge is 0.119 e. The standard InChI is InChI=1S/C12H15N3O/c1-15-8-7-12(14-15)11(13)9-16-10-5-3-2-4-6-10/h2-8,11H,9,13H2,1H3. The highest BCUT2D eigenvalue weighted by molar-refractivity contribution is 5.21. The molecule has 0 aliphatic carbocycles. The van der Waals surface area contributed by atoms with Crippen LogP contribution in [0.25, 0.3) is 0 Å². The molecule has 1 unspecified atom stereocenters. The molecule has 0 spiro atoms. The van der Waals surface area contributed by atoms with E-state index in [0.717, 1.165) is 11.4 Å². The predicted octanol–water partition coefficient (Wildman–Crippen LogP) is 1.50. The molecule has 0 radical (unpaired) electrons. The minimum absolute atomic E-state index is 0.193. The van der Waals surface area contributed by atoms with E-state index < -0.39 is 0 Å². The number of aryl methyl sites for hydroxylation is 1. The summed E-state index contributed by atoms with van der Waals surface area (Å²) in [6.45, 7) is 0.432. The van der Waals surface area contributed by atoms with Crippen molar-refractivity contribution >= 4 is 0 Å². The van der Waals surface area contributed by atoms with Gasteiger partial charge in [-0.1, -0.05) is 18.2 Å². The van der Waals surface area contributed by atoms with Gasteiger partial charge in [0.25, 0.3) is 0 Å². The lowest BCUT2D eigenvalue weighted by molar-refractivity contribution is 0.288. The summed E-state index contributed by atoms with van der Waals surface area (Å²) in [6, 6.07) is 11.3. The maximum Gasteiger partial charge on any atom is 0.119 e. The van der Waals surface area contributed by atoms with Crippen LogP contribution >= 0.6 is 0 Å². The molecule has 2 rings (SSSR count). The Bertz CT molecular complexity index is 439. The van der Waals surface area contributed by atoms with Crippen LogP contribution < -0.4 is 10.5 Å². The summed E-state index contributed by atoms with van der Waals surface area (Å²) in [4.78, 5) is 0. The Hall–Kier alpha value is -1.81. The highest BCUT2D eigenvalue weighted by Gasteiger charge is 2.09. The Kier molecular flexibility index (Phi) is 3.22. The van der Waals surface area contributed by atoms with Gasteiger partial charge in [0.05, 0.1) is 11.7 Å². The molecule has 1 aromatic carbocycles. The van der Waals surface area contributed by atoms with Gasteiger partial charge in [-0.25, -0.2) is 0 Å². The SMILES string of the molecule is Cn1ccc(C(N)COc2ccccc2)n1. The van der Waals surface area contributed by atoms with Gasteiger partial charge < -0.3 is 10.5 Å². The average molecular weight is 217 g/mol. The van der Waals surface area contributed by atoms with Crippen LogP contribution in [0.4, 0.5) is 0 Å².